The molecular formula is C12H18AsNS2. The molecule has 0 aliphatic carbocycles. The van der Waals surface area contributed by atoms with Gasteiger partial charge in [0, 0.05) is 0 Å². The Morgan fingerprint density at radius 2 is 1.62 bits per heavy atom. The quantitative estimate of drug-likeness (QED) is 0.787. The van der Waals surface area contributed by atoms with Crippen LogP contribution in [0.15, 0.2) is 24.3 Å². The van der Waals surface area contributed by atoms with Crippen LogP contribution in [0.4, 0.5) is 5.69 Å². The van der Waals surface area contributed by atoms with Crippen LogP contribution in [-0.4, -0.2) is 36.9 Å². The third-order valence-corrected chi connectivity index (χ3v) is 16.4. The van der Waals surface area contributed by atoms with Crippen molar-refractivity contribution in [2.45, 2.75) is 13.8 Å². The van der Waals surface area contributed by atoms with Gasteiger partial charge in [0.1, 0.15) is 0 Å². The van der Waals surface area contributed by atoms with Crippen LogP contribution in [-0.2, 0) is 0 Å². The van der Waals surface area contributed by atoms with Crippen LogP contribution in [0.5, 0.6) is 0 Å². The summed E-state index contributed by atoms with van der Waals surface area (Å²) in [7, 11) is 4.43. The summed E-state index contributed by atoms with van der Waals surface area (Å²) in [5, 5.41) is 0. The van der Waals surface area contributed by atoms with Crippen LogP contribution in [0.2, 0.25) is 0 Å². The summed E-state index contributed by atoms with van der Waals surface area (Å²) in [5.41, 5.74) is 1.37. The number of hydrogen-bond acceptors (Lipinski definition) is 3. The van der Waals surface area contributed by atoms with E-state index in [1.54, 1.807) is 4.35 Å². The third kappa shape index (κ3) is 2.94. The maximum absolute atomic E-state index is 2.40. The molecule has 1 aromatic carbocycles. The standard InChI is InChI=1S/C12H18AsNS2/c1-3-14(4-2)12-7-5-11(6-8-12)13-15-9-10-16-13/h5-8H,3-4,9-10H2,1-2H3. The van der Waals surface area contributed by atoms with Gasteiger partial charge in [-0.25, -0.2) is 0 Å². The first-order valence-corrected chi connectivity index (χ1v) is 13.2. The zero-order valence-electron chi connectivity index (χ0n) is 9.85. The van der Waals surface area contributed by atoms with Crippen molar-refractivity contribution in [3.8, 4) is 0 Å². The monoisotopic (exact) mass is 315 g/mol. The van der Waals surface area contributed by atoms with Gasteiger partial charge < -0.3 is 0 Å². The Balaban J connectivity index is 2.09. The first-order chi connectivity index (χ1) is 7.85. The predicted molar refractivity (Wildman–Crippen MR) is 80.3 cm³/mol. The van der Waals surface area contributed by atoms with E-state index < -0.39 is 12.3 Å². The van der Waals surface area contributed by atoms with E-state index >= 15 is 0 Å². The first-order valence-electron chi connectivity index (χ1n) is 5.76. The van der Waals surface area contributed by atoms with E-state index in [4.69, 9.17) is 0 Å². The average Bonchev–Trinajstić information content (AvgIpc) is 2.85. The fourth-order valence-electron chi connectivity index (χ4n) is 1.80. The van der Waals surface area contributed by atoms with Crippen molar-refractivity contribution in [2.75, 3.05) is 29.5 Å². The van der Waals surface area contributed by atoms with E-state index in [-0.39, 0.29) is 0 Å². The molecule has 16 heavy (non-hydrogen) atoms. The van der Waals surface area contributed by atoms with Gasteiger partial charge in [-0.1, -0.05) is 0 Å². The Kier molecular flexibility index (Phi) is 4.99. The Hall–Kier alpha value is 0.278. The first kappa shape index (κ1) is 12.7. The summed E-state index contributed by atoms with van der Waals surface area (Å²) in [6.45, 7) is 6.63. The minimum atomic E-state index is -0.763. The number of hydrogen-bond donors (Lipinski definition) is 0. The molecule has 0 unspecified atom stereocenters. The summed E-state index contributed by atoms with van der Waals surface area (Å²) >= 11 is -0.763. The van der Waals surface area contributed by atoms with E-state index in [1.165, 1.54) is 17.2 Å². The molecule has 0 spiro atoms. The average molecular weight is 315 g/mol. The molecule has 1 fully saturated rings. The maximum atomic E-state index is 2.40. The van der Waals surface area contributed by atoms with Gasteiger partial charge in [0.25, 0.3) is 0 Å². The van der Waals surface area contributed by atoms with Crippen molar-refractivity contribution in [3.63, 3.8) is 0 Å². The topological polar surface area (TPSA) is 3.24 Å². The fraction of sp³-hybridized carbons (Fsp3) is 0.500. The number of nitrogens with zero attached hydrogens (tertiary/aromatic N) is 1. The van der Waals surface area contributed by atoms with Crippen molar-refractivity contribution in [1.29, 1.82) is 0 Å². The van der Waals surface area contributed by atoms with Crippen LogP contribution >= 0.6 is 20.0 Å². The molecule has 1 nitrogen and oxygen atoms in total. The van der Waals surface area contributed by atoms with Crippen LogP contribution in [0.25, 0.3) is 0 Å². The summed E-state index contributed by atoms with van der Waals surface area (Å²) in [6, 6.07) is 9.32. The zero-order valence-corrected chi connectivity index (χ0v) is 13.4. The molecule has 88 valence electrons. The van der Waals surface area contributed by atoms with Gasteiger partial charge in [0.05, 0.1) is 0 Å². The van der Waals surface area contributed by atoms with Gasteiger partial charge in [-0.2, -0.15) is 0 Å². The Morgan fingerprint density at radius 3 is 2.12 bits per heavy atom. The Labute approximate surface area is 110 Å². The van der Waals surface area contributed by atoms with Gasteiger partial charge in [-0.05, 0) is 0 Å². The number of anilines is 1. The van der Waals surface area contributed by atoms with Gasteiger partial charge in [-0.15, -0.1) is 0 Å². The third-order valence-electron chi connectivity index (χ3n) is 2.69. The molecule has 1 aliphatic heterocycles. The normalized spacial score (nSPS) is 16.6. The van der Waals surface area contributed by atoms with Crippen LogP contribution in [0.3, 0.4) is 0 Å². The number of benzene rings is 1. The Bertz CT molecular complexity index is 297. The molecule has 0 N–H and O–H groups in total. The summed E-state index contributed by atoms with van der Waals surface area (Å²) in [4.78, 5) is 2.40. The second kappa shape index (κ2) is 6.28. The molecular weight excluding hydrogens is 297 g/mol. The molecule has 0 radical (unpaired) electrons. The van der Waals surface area contributed by atoms with Crippen LogP contribution in [0, 0.1) is 0 Å². The number of rotatable bonds is 4. The minimum absolute atomic E-state index is 0.763. The molecule has 4 heteroatoms. The molecule has 0 atom stereocenters. The summed E-state index contributed by atoms with van der Waals surface area (Å²) in [5.74, 6) is 2.73. The molecule has 0 bridgehead atoms. The van der Waals surface area contributed by atoms with Gasteiger partial charge in [-0.3, -0.25) is 0 Å². The van der Waals surface area contributed by atoms with E-state index in [1.807, 2.05) is 0 Å². The summed E-state index contributed by atoms with van der Waals surface area (Å²) in [6.07, 6.45) is 0. The zero-order chi connectivity index (χ0) is 11.4. The van der Waals surface area contributed by atoms with Crippen LogP contribution < -0.4 is 9.25 Å². The van der Waals surface area contributed by atoms with E-state index in [0.717, 1.165) is 13.1 Å². The van der Waals surface area contributed by atoms with Crippen molar-refractivity contribution in [1.82, 2.24) is 0 Å². The molecule has 1 heterocycles. The van der Waals surface area contributed by atoms with Crippen molar-refractivity contribution < 1.29 is 0 Å². The molecule has 1 aromatic rings. The van der Waals surface area contributed by atoms with Crippen LogP contribution in [0.1, 0.15) is 13.8 Å². The van der Waals surface area contributed by atoms with Gasteiger partial charge in [0.2, 0.25) is 0 Å². The second-order valence-corrected chi connectivity index (χ2v) is 15.4. The van der Waals surface area contributed by atoms with Gasteiger partial charge >= 0.3 is 110 Å². The van der Waals surface area contributed by atoms with E-state index in [2.05, 4.69) is 63.1 Å². The molecule has 0 amide bonds. The molecule has 0 aromatic heterocycles. The molecule has 1 saturated heterocycles. The van der Waals surface area contributed by atoms with E-state index in [9.17, 15) is 0 Å². The van der Waals surface area contributed by atoms with Crippen molar-refractivity contribution >= 4 is 42.4 Å². The Morgan fingerprint density at radius 1 is 1.06 bits per heavy atom. The molecule has 0 saturated carbocycles. The second-order valence-electron chi connectivity index (χ2n) is 3.61. The molecule has 1 aliphatic rings. The fourth-order valence-corrected chi connectivity index (χ4v) is 15.9. The van der Waals surface area contributed by atoms with Gasteiger partial charge in [0.15, 0.2) is 0 Å². The predicted octanol–water partition coefficient (Wildman–Crippen LogP) is 2.71. The molecule has 2 rings (SSSR count). The SMILES string of the molecule is CCN(CC)c1ccc([As]2SCCS2)cc1. The van der Waals surface area contributed by atoms with E-state index in [0.29, 0.717) is 0 Å². The van der Waals surface area contributed by atoms with Crippen molar-refractivity contribution in [3.05, 3.63) is 24.3 Å². The summed E-state index contributed by atoms with van der Waals surface area (Å²) < 4.78 is 1.62. The van der Waals surface area contributed by atoms with Crippen molar-refractivity contribution in [2.24, 2.45) is 0 Å².